The molecule has 0 aromatic heterocycles. The van der Waals surface area contributed by atoms with Gasteiger partial charge in [-0.25, -0.2) is 0 Å². The van der Waals surface area contributed by atoms with Crippen LogP contribution in [0.4, 0.5) is 0 Å². The first-order valence-corrected chi connectivity index (χ1v) is 8.48. The molecule has 25 heavy (non-hydrogen) atoms. The molecule has 0 atom stereocenters. The molecule has 0 aliphatic carbocycles. The van der Waals surface area contributed by atoms with Crippen LogP contribution in [-0.2, 0) is 14.9 Å². The highest BCUT2D eigenvalue weighted by atomic mass is 32.2. The number of carbonyl (C=O) groups excluding carboxylic acids is 3. The van der Waals surface area contributed by atoms with Crippen molar-refractivity contribution in [3.8, 4) is 0 Å². The fourth-order valence-electron chi connectivity index (χ4n) is 1.33. The van der Waals surface area contributed by atoms with Crippen molar-refractivity contribution in [1.29, 1.82) is 0 Å². The number of hydrogen-bond donors (Lipinski definition) is 4. The van der Waals surface area contributed by atoms with Gasteiger partial charge in [-0.05, 0) is 24.1 Å². The maximum absolute atomic E-state index is 10.7. The Kier molecular flexibility index (Phi) is 11.5. The van der Waals surface area contributed by atoms with E-state index >= 15 is 0 Å². The van der Waals surface area contributed by atoms with Crippen LogP contribution in [0.15, 0.2) is 36.9 Å². The van der Waals surface area contributed by atoms with Crippen LogP contribution in [0.25, 0.3) is 0 Å². The van der Waals surface area contributed by atoms with E-state index in [1.165, 1.54) is 12.1 Å². The Morgan fingerprint density at radius 1 is 1.08 bits per heavy atom. The lowest BCUT2D eigenvalue weighted by Crippen LogP contribution is -2.20. The molecule has 0 saturated carbocycles. The molecule has 1 aromatic carbocycles. The Bertz CT molecular complexity index is 681. The van der Waals surface area contributed by atoms with Gasteiger partial charge < -0.3 is 17.2 Å². The van der Waals surface area contributed by atoms with Gasteiger partial charge in [-0.2, -0.15) is 8.42 Å². The highest BCUT2D eigenvalue weighted by Gasteiger charge is 2.10. The lowest BCUT2D eigenvalue weighted by atomic mass is 10.1. The van der Waals surface area contributed by atoms with Crippen molar-refractivity contribution >= 4 is 27.8 Å². The van der Waals surface area contributed by atoms with Gasteiger partial charge in [0.15, 0.2) is 0 Å². The normalized spacial score (nSPS) is 9.76. The van der Waals surface area contributed by atoms with Crippen LogP contribution in [0.1, 0.15) is 34.6 Å². The SMILES string of the molecule is C=CC(N)=O.CC(C)CS(=O)(=O)O.NC(=O)c1ccccc1C(N)=O. The van der Waals surface area contributed by atoms with Crippen LogP contribution in [0.2, 0.25) is 0 Å². The topological polar surface area (TPSA) is 184 Å². The van der Waals surface area contributed by atoms with Crippen LogP contribution < -0.4 is 17.2 Å². The number of primary amides is 3. The summed E-state index contributed by atoms with van der Waals surface area (Å²) in [5, 5.41) is 0. The zero-order valence-corrected chi connectivity index (χ0v) is 14.8. The van der Waals surface area contributed by atoms with E-state index in [1.54, 1.807) is 26.0 Å². The van der Waals surface area contributed by atoms with Crippen LogP contribution in [0.3, 0.4) is 0 Å². The Hall–Kier alpha value is -2.72. The molecule has 0 fully saturated rings. The second-order valence-corrected chi connectivity index (χ2v) is 6.52. The molecule has 7 N–H and O–H groups in total. The molecule has 10 heteroatoms. The first-order valence-electron chi connectivity index (χ1n) is 6.87. The predicted octanol–water partition coefficient (Wildman–Crippen LogP) is 0.0723. The van der Waals surface area contributed by atoms with Gasteiger partial charge in [0.05, 0.1) is 16.9 Å². The summed E-state index contributed by atoms with van der Waals surface area (Å²) in [6.07, 6.45) is 1.06. The minimum atomic E-state index is -3.72. The number of hydrogen-bond acceptors (Lipinski definition) is 5. The van der Waals surface area contributed by atoms with E-state index in [9.17, 15) is 22.8 Å². The van der Waals surface area contributed by atoms with Crippen LogP contribution in [0.5, 0.6) is 0 Å². The van der Waals surface area contributed by atoms with Crippen molar-refractivity contribution in [3.63, 3.8) is 0 Å². The molecule has 140 valence electrons. The van der Waals surface area contributed by atoms with Crippen molar-refractivity contribution in [2.75, 3.05) is 5.75 Å². The van der Waals surface area contributed by atoms with E-state index in [0.29, 0.717) is 0 Å². The maximum atomic E-state index is 10.7. The summed E-state index contributed by atoms with van der Waals surface area (Å²) in [5.74, 6) is -1.92. The summed E-state index contributed by atoms with van der Waals surface area (Å²) >= 11 is 0. The lowest BCUT2D eigenvalue weighted by molar-refractivity contribution is -0.113. The highest BCUT2D eigenvalue weighted by Crippen LogP contribution is 2.06. The second kappa shape index (κ2) is 11.8. The molecule has 0 saturated heterocycles. The molecule has 1 rings (SSSR count). The van der Waals surface area contributed by atoms with Gasteiger partial charge in [-0.3, -0.25) is 18.9 Å². The second-order valence-electron chi connectivity index (χ2n) is 5.02. The van der Waals surface area contributed by atoms with E-state index < -0.39 is 27.8 Å². The summed E-state index contributed by atoms with van der Waals surface area (Å²) in [7, 11) is -3.72. The Labute approximate surface area is 146 Å². The maximum Gasteiger partial charge on any atom is 0.265 e. The summed E-state index contributed by atoms with van der Waals surface area (Å²) in [6.45, 7) is 6.55. The van der Waals surface area contributed by atoms with Gasteiger partial charge in [0, 0.05) is 0 Å². The van der Waals surface area contributed by atoms with Gasteiger partial charge in [0.1, 0.15) is 0 Å². The third-order valence-electron chi connectivity index (χ3n) is 2.20. The third-order valence-corrected chi connectivity index (χ3v) is 3.29. The number of carbonyl (C=O) groups is 3. The minimum Gasteiger partial charge on any atom is -0.366 e. The van der Waals surface area contributed by atoms with Crippen molar-refractivity contribution in [2.24, 2.45) is 23.1 Å². The standard InChI is InChI=1S/C8H8N2O2.C4H10O3S.C3H5NO/c9-7(11)5-3-1-2-4-6(5)8(10)12;1-4(2)3-8(5,6)7;1-2-3(4)5/h1-4H,(H2,9,11)(H2,10,12);4H,3H2,1-2H3,(H,5,6,7);2H,1H2,(H2,4,5). The van der Waals surface area contributed by atoms with Gasteiger partial charge in [-0.1, -0.05) is 32.6 Å². The molecule has 0 unspecified atom stereocenters. The van der Waals surface area contributed by atoms with E-state index in [1.807, 2.05) is 0 Å². The Morgan fingerprint density at radius 2 is 1.40 bits per heavy atom. The average Bonchev–Trinajstić information content (AvgIpc) is 2.45. The van der Waals surface area contributed by atoms with Crippen LogP contribution in [-0.4, -0.2) is 36.4 Å². The predicted molar refractivity (Wildman–Crippen MR) is 94.1 cm³/mol. The van der Waals surface area contributed by atoms with Crippen molar-refractivity contribution in [1.82, 2.24) is 0 Å². The fraction of sp³-hybridized carbons (Fsp3) is 0.267. The largest absolute Gasteiger partial charge is 0.366 e. The molecule has 1 aromatic rings. The third kappa shape index (κ3) is 14.6. The summed E-state index contributed by atoms with van der Waals surface area (Å²) in [6, 6.07) is 6.16. The molecule has 0 heterocycles. The number of nitrogens with two attached hydrogens (primary N) is 3. The summed E-state index contributed by atoms with van der Waals surface area (Å²) < 4.78 is 28.2. The molecular formula is C15H23N3O6S. The molecule has 0 radical (unpaired) electrons. The molecule has 0 spiro atoms. The van der Waals surface area contributed by atoms with Gasteiger partial charge in [-0.15, -0.1) is 0 Å². The first-order chi connectivity index (χ1) is 11.3. The van der Waals surface area contributed by atoms with Crippen LogP contribution in [0, 0.1) is 5.92 Å². The zero-order valence-electron chi connectivity index (χ0n) is 14.0. The van der Waals surface area contributed by atoms with Crippen molar-refractivity contribution < 1.29 is 27.4 Å². The number of rotatable bonds is 5. The first kappa shape index (κ1) is 24.5. The lowest BCUT2D eigenvalue weighted by Gasteiger charge is -2.00. The van der Waals surface area contributed by atoms with E-state index in [0.717, 1.165) is 6.08 Å². The zero-order chi connectivity index (χ0) is 20.2. The van der Waals surface area contributed by atoms with Crippen LogP contribution >= 0.6 is 0 Å². The highest BCUT2D eigenvalue weighted by molar-refractivity contribution is 7.85. The van der Waals surface area contributed by atoms with Gasteiger partial charge in [0.25, 0.3) is 10.1 Å². The quantitative estimate of drug-likeness (QED) is 0.418. The monoisotopic (exact) mass is 373 g/mol. The average molecular weight is 373 g/mol. The smallest absolute Gasteiger partial charge is 0.265 e. The van der Waals surface area contributed by atoms with E-state index in [2.05, 4.69) is 12.3 Å². The minimum absolute atomic E-state index is 0.00463. The Morgan fingerprint density at radius 3 is 1.52 bits per heavy atom. The molecule has 0 aliphatic rings. The van der Waals surface area contributed by atoms with Crippen molar-refractivity contribution in [2.45, 2.75) is 13.8 Å². The number of amides is 3. The van der Waals surface area contributed by atoms with Gasteiger partial charge >= 0.3 is 0 Å². The van der Waals surface area contributed by atoms with E-state index in [4.69, 9.17) is 16.0 Å². The molecule has 0 bridgehead atoms. The fourth-order valence-corrected chi connectivity index (χ4v) is 2.18. The van der Waals surface area contributed by atoms with E-state index in [-0.39, 0.29) is 22.8 Å². The molecule has 0 aliphatic heterocycles. The molecule has 3 amide bonds. The van der Waals surface area contributed by atoms with Gasteiger partial charge in [0.2, 0.25) is 17.7 Å². The summed E-state index contributed by atoms with van der Waals surface area (Å²) in [5.41, 5.74) is 14.9. The molecular weight excluding hydrogens is 350 g/mol. The molecule has 9 nitrogen and oxygen atoms in total. The summed E-state index contributed by atoms with van der Waals surface area (Å²) in [4.78, 5) is 31.0. The Balaban J connectivity index is 0. The van der Waals surface area contributed by atoms with Crippen molar-refractivity contribution in [3.05, 3.63) is 48.0 Å². The number of benzene rings is 1.